The third-order valence-corrected chi connectivity index (χ3v) is 2.09. The van der Waals surface area contributed by atoms with E-state index in [1.165, 1.54) is 11.0 Å². The molecule has 1 N–H and O–H groups in total. The first-order chi connectivity index (χ1) is 7.65. The van der Waals surface area contributed by atoms with Crippen LogP contribution in [0, 0.1) is 0 Å². The summed E-state index contributed by atoms with van der Waals surface area (Å²) in [7, 11) is 1.72. The Morgan fingerprint density at radius 1 is 1.38 bits per heavy atom. The number of alkyl halides is 1. The number of hydrogen-bond acceptors (Lipinski definition) is 4. The summed E-state index contributed by atoms with van der Waals surface area (Å²) < 4.78 is 12.3. The predicted molar refractivity (Wildman–Crippen MR) is 55.1 cm³/mol. The van der Waals surface area contributed by atoms with Gasteiger partial charge in [-0.25, -0.2) is 4.39 Å². The Kier molecular flexibility index (Phi) is 2.91. The molecule has 1 unspecified atom stereocenters. The normalized spacial score (nSPS) is 12.7. The van der Waals surface area contributed by atoms with Crippen LogP contribution < -0.4 is 0 Å². The molecule has 5 nitrogen and oxygen atoms in total. The molecule has 0 bridgehead atoms. The van der Waals surface area contributed by atoms with Gasteiger partial charge in [-0.15, -0.1) is 0 Å². The molecule has 0 fully saturated rings. The second kappa shape index (κ2) is 4.36. The fourth-order valence-electron chi connectivity index (χ4n) is 1.35. The maximum Gasteiger partial charge on any atom is 0.200 e. The van der Waals surface area contributed by atoms with E-state index in [0.717, 1.165) is 0 Å². The van der Waals surface area contributed by atoms with Crippen molar-refractivity contribution in [3.05, 3.63) is 30.1 Å². The van der Waals surface area contributed by atoms with Crippen molar-refractivity contribution in [1.82, 2.24) is 20.0 Å². The standard InChI is InChI=1S/C10H11FN4O/c1-15-13-6-9(14-15)8-3-2-7(5-12-8)4-10(11)16/h2-3,5-6,10,16H,4H2,1H3. The van der Waals surface area contributed by atoms with Crippen molar-refractivity contribution in [1.29, 1.82) is 0 Å². The lowest BCUT2D eigenvalue weighted by Gasteiger charge is -2.01. The molecule has 0 aliphatic rings. The van der Waals surface area contributed by atoms with Gasteiger partial charge in [0.2, 0.25) is 0 Å². The highest BCUT2D eigenvalue weighted by Crippen LogP contribution is 2.13. The number of aliphatic hydroxyl groups is 1. The van der Waals surface area contributed by atoms with E-state index in [2.05, 4.69) is 15.2 Å². The summed E-state index contributed by atoms with van der Waals surface area (Å²) in [4.78, 5) is 5.56. The van der Waals surface area contributed by atoms with E-state index < -0.39 is 6.36 Å². The molecule has 0 aliphatic carbocycles. The van der Waals surface area contributed by atoms with E-state index in [0.29, 0.717) is 17.0 Å². The maximum atomic E-state index is 12.3. The van der Waals surface area contributed by atoms with Gasteiger partial charge in [-0.2, -0.15) is 15.0 Å². The summed E-state index contributed by atoms with van der Waals surface area (Å²) in [5.41, 5.74) is 1.97. The Labute approximate surface area is 91.6 Å². The van der Waals surface area contributed by atoms with E-state index in [1.54, 1.807) is 25.4 Å². The summed E-state index contributed by atoms with van der Waals surface area (Å²) in [5.74, 6) is 0. The van der Waals surface area contributed by atoms with Gasteiger partial charge in [0.05, 0.1) is 11.9 Å². The average molecular weight is 222 g/mol. The summed E-state index contributed by atoms with van der Waals surface area (Å²) in [5, 5.41) is 16.6. The Morgan fingerprint density at radius 3 is 2.69 bits per heavy atom. The molecule has 0 radical (unpaired) electrons. The lowest BCUT2D eigenvalue weighted by molar-refractivity contribution is 0.0429. The number of rotatable bonds is 3. The van der Waals surface area contributed by atoms with Crippen LogP contribution in [0.2, 0.25) is 0 Å². The lowest BCUT2D eigenvalue weighted by Crippen LogP contribution is -2.02. The van der Waals surface area contributed by atoms with Crippen LogP contribution >= 0.6 is 0 Å². The molecule has 0 saturated carbocycles. The second-order valence-corrected chi connectivity index (χ2v) is 3.41. The molecule has 84 valence electrons. The number of nitrogens with zero attached hydrogens (tertiary/aromatic N) is 4. The summed E-state index contributed by atoms with van der Waals surface area (Å²) in [6, 6.07) is 3.43. The van der Waals surface area contributed by atoms with Crippen LogP contribution in [0.5, 0.6) is 0 Å². The first-order valence-electron chi connectivity index (χ1n) is 4.79. The molecule has 0 aromatic carbocycles. The van der Waals surface area contributed by atoms with Crippen LogP contribution in [-0.2, 0) is 13.5 Å². The maximum absolute atomic E-state index is 12.3. The van der Waals surface area contributed by atoms with Gasteiger partial charge in [0.15, 0.2) is 6.36 Å². The zero-order chi connectivity index (χ0) is 11.5. The van der Waals surface area contributed by atoms with Crippen molar-refractivity contribution in [2.75, 3.05) is 0 Å². The van der Waals surface area contributed by atoms with E-state index in [-0.39, 0.29) is 6.42 Å². The quantitative estimate of drug-likeness (QED) is 0.830. The van der Waals surface area contributed by atoms with E-state index in [9.17, 15) is 4.39 Å². The number of aliphatic hydroxyl groups excluding tert-OH is 1. The Morgan fingerprint density at radius 2 is 2.19 bits per heavy atom. The second-order valence-electron chi connectivity index (χ2n) is 3.41. The highest BCUT2D eigenvalue weighted by Gasteiger charge is 2.06. The van der Waals surface area contributed by atoms with Crippen LogP contribution in [0.3, 0.4) is 0 Å². The van der Waals surface area contributed by atoms with Crippen molar-refractivity contribution in [3.8, 4) is 11.4 Å². The zero-order valence-electron chi connectivity index (χ0n) is 8.71. The molecule has 2 aromatic heterocycles. The van der Waals surface area contributed by atoms with E-state index >= 15 is 0 Å². The van der Waals surface area contributed by atoms with Crippen LogP contribution in [0.1, 0.15) is 5.56 Å². The van der Waals surface area contributed by atoms with Gasteiger partial charge < -0.3 is 5.11 Å². The van der Waals surface area contributed by atoms with Gasteiger partial charge in [0.25, 0.3) is 0 Å². The zero-order valence-corrected chi connectivity index (χ0v) is 8.71. The fourth-order valence-corrected chi connectivity index (χ4v) is 1.35. The van der Waals surface area contributed by atoms with Crippen molar-refractivity contribution < 1.29 is 9.50 Å². The van der Waals surface area contributed by atoms with Crippen molar-refractivity contribution in [3.63, 3.8) is 0 Å². The molecule has 1 atom stereocenters. The number of aryl methyl sites for hydroxylation is 1. The molecule has 16 heavy (non-hydrogen) atoms. The minimum atomic E-state index is -1.84. The highest BCUT2D eigenvalue weighted by atomic mass is 19.1. The summed E-state index contributed by atoms with van der Waals surface area (Å²) >= 11 is 0. The number of aromatic nitrogens is 4. The van der Waals surface area contributed by atoms with Crippen LogP contribution in [0.25, 0.3) is 11.4 Å². The highest BCUT2D eigenvalue weighted by molar-refractivity contribution is 5.51. The van der Waals surface area contributed by atoms with Gasteiger partial charge in [-0.1, -0.05) is 6.07 Å². The molecule has 2 aromatic rings. The average Bonchev–Trinajstić information content (AvgIpc) is 2.65. The number of halogens is 1. The molecule has 0 aliphatic heterocycles. The fraction of sp³-hybridized carbons (Fsp3) is 0.300. The van der Waals surface area contributed by atoms with Crippen molar-refractivity contribution in [2.24, 2.45) is 7.05 Å². The first-order valence-corrected chi connectivity index (χ1v) is 4.79. The van der Waals surface area contributed by atoms with Crippen LogP contribution in [0.15, 0.2) is 24.5 Å². The van der Waals surface area contributed by atoms with E-state index in [4.69, 9.17) is 5.11 Å². The molecule has 6 heteroatoms. The van der Waals surface area contributed by atoms with Gasteiger partial charge >= 0.3 is 0 Å². The monoisotopic (exact) mass is 222 g/mol. The smallest absolute Gasteiger partial charge is 0.200 e. The minimum absolute atomic E-state index is 0.0479. The third-order valence-electron chi connectivity index (χ3n) is 2.09. The predicted octanol–water partition coefficient (Wildman–Crippen LogP) is 0.708. The Bertz CT molecular complexity index is 466. The Hall–Kier alpha value is -1.82. The minimum Gasteiger partial charge on any atom is -0.364 e. The molecule has 0 saturated heterocycles. The van der Waals surface area contributed by atoms with Gasteiger partial charge in [-0.3, -0.25) is 4.98 Å². The first kappa shape index (κ1) is 10.7. The number of pyridine rings is 1. The molecular formula is C10H11FN4O. The van der Waals surface area contributed by atoms with Crippen molar-refractivity contribution >= 4 is 0 Å². The molecule has 2 heterocycles. The topological polar surface area (TPSA) is 63.8 Å². The van der Waals surface area contributed by atoms with Crippen LogP contribution in [-0.4, -0.2) is 31.4 Å². The summed E-state index contributed by atoms with van der Waals surface area (Å²) in [6.07, 6.45) is 1.23. The largest absolute Gasteiger partial charge is 0.364 e. The van der Waals surface area contributed by atoms with Gasteiger partial charge in [0, 0.05) is 19.7 Å². The summed E-state index contributed by atoms with van der Waals surface area (Å²) in [6.45, 7) is 0. The van der Waals surface area contributed by atoms with Gasteiger partial charge in [0.1, 0.15) is 5.69 Å². The molecular weight excluding hydrogens is 211 g/mol. The molecule has 0 amide bonds. The number of hydrogen-bond donors (Lipinski definition) is 1. The van der Waals surface area contributed by atoms with E-state index in [1.807, 2.05) is 0 Å². The van der Waals surface area contributed by atoms with Crippen molar-refractivity contribution in [2.45, 2.75) is 12.8 Å². The molecule has 0 spiro atoms. The SMILES string of the molecule is Cn1ncc(-c2ccc(CC(O)F)cn2)n1. The molecule has 2 rings (SSSR count). The lowest BCUT2D eigenvalue weighted by atomic mass is 10.2. The third kappa shape index (κ3) is 2.40. The van der Waals surface area contributed by atoms with Gasteiger partial charge in [-0.05, 0) is 11.6 Å². The van der Waals surface area contributed by atoms with Crippen LogP contribution in [0.4, 0.5) is 4.39 Å². The Balaban J connectivity index is 2.19.